The first-order valence-corrected chi connectivity index (χ1v) is 9.25. The molecule has 0 saturated heterocycles. The zero-order valence-corrected chi connectivity index (χ0v) is 15.9. The summed E-state index contributed by atoms with van der Waals surface area (Å²) in [7, 11) is 0. The lowest BCUT2D eigenvalue weighted by Crippen LogP contribution is -2.35. The lowest BCUT2D eigenvalue weighted by atomic mass is 10.1. The molecular weight excluding hydrogens is 385 g/mol. The van der Waals surface area contributed by atoms with Crippen molar-refractivity contribution in [3.05, 3.63) is 73.9 Å². The number of hydrogen-bond acceptors (Lipinski definition) is 5. The minimum absolute atomic E-state index is 0.122. The van der Waals surface area contributed by atoms with Gasteiger partial charge in [-0.3, -0.25) is 14.7 Å². The highest BCUT2D eigenvalue weighted by molar-refractivity contribution is 6.35. The van der Waals surface area contributed by atoms with Crippen molar-refractivity contribution in [2.24, 2.45) is 0 Å². The van der Waals surface area contributed by atoms with Crippen LogP contribution in [0.5, 0.6) is 0 Å². The van der Waals surface area contributed by atoms with E-state index in [1.54, 1.807) is 24.5 Å². The standard InChI is InChI=1S/C19H17Cl2N5O/c20-15-7-23-8-16(21)13(15)9-26-6-5-17-14(10-26)19(27)25-18(24-17)11-1-3-12(22)4-2-11/h1-4,7-8H,5-6,9-10,22H2,(H,24,25,27). The van der Waals surface area contributed by atoms with E-state index in [4.69, 9.17) is 28.9 Å². The van der Waals surface area contributed by atoms with Crippen LogP contribution >= 0.6 is 23.2 Å². The minimum Gasteiger partial charge on any atom is -0.399 e. The Bertz CT molecular complexity index is 1030. The summed E-state index contributed by atoms with van der Waals surface area (Å²) in [6.07, 6.45) is 3.84. The average Bonchev–Trinajstić information content (AvgIpc) is 2.66. The van der Waals surface area contributed by atoms with E-state index in [1.807, 2.05) is 12.1 Å². The molecule has 4 rings (SSSR count). The number of nitrogens with zero attached hydrogens (tertiary/aromatic N) is 3. The molecule has 138 valence electrons. The Balaban J connectivity index is 1.60. The Kier molecular flexibility index (Phi) is 4.86. The summed E-state index contributed by atoms with van der Waals surface area (Å²) in [4.78, 5) is 26.3. The van der Waals surface area contributed by atoms with Crippen molar-refractivity contribution in [2.45, 2.75) is 19.5 Å². The molecular formula is C19H17Cl2N5O. The number of nitrogens with one attached hydrogen (secondary N) is 1. The minimum atomic E-state index is -0.122. The van der Waals surface area contributed by atoms with E-state index in [1.165, 1.54) is 0 Å². The third kappa shape index (κ3) is 3.69. The van der Waals surface area contributed by atoms with E-state index in [9.17, 15) is 4.79 Å². The number of nitrogen functional groups attached to an aromatic ring is 1. The predicted octanol–water partition coefficient (Wildman–Crippen LogP) is 3.28. The van der Waals surface area contributed by atoms with Gasteiger partial charge in [-0.2, -0.15) is 0 Å². The highest BCUT2D eigenvalue weighted by atomic mass is 35.5. The number of nitrogens with two attached hydrogens (primary N) is 1. The lowest BCUT2D eigenvalue weighted by Gasteiger charge is -2.28. The van der Waals surface area contributed by atoms with Gasteiger partial charge in [0.2, 0.25) is 0 Å². The highest BCUT2D eigenvalue weighted by Crippen LogP contribution is 2.26. The van der Waals surface area contributed by atoms with Gasteiger partial charge in [0.15, 0.2) is 0 Å². The van der Waals surface area contributed by atoms with Gasteiger partial charge in [0.05, 0.1) is 21.3 Å². The second kappa shape index (κ2) is 7.31. The number of aromatic amines is 1. The number of aromatic nitrogens is 3. The van der Waals surface area contributed by atoms with E-state index in [0.29, 0.717) is 46.6 Å². The van der Waals surface area contributed by atoms with Gasteiger partial charge in [0.25, 0.3) is 5.56 Å². The number of anilines is 1. The van der Waals surface area contributed by atoms with Gasteiger partial charge in [0, 0.05) is 55.3 Å². The van der Waals surface area contributed by atoms with Gasteiger partial charge in [-0.25, -0.2) is 4.98 Å². The molecule has 1 aliphatic rings. The van der Waals surface area contributed by atoms with Crippen LogP contribution in [-0.4, -0.2) is 26.4 Å². The fourth-order valence-corrected chi connectivity index (χ4v) is 3.69. The maximum Gasteiger partial charge on any atom is 0.255 e. The van der Waals surface area contributed by atoms with Gasteiger partial charge in [-0.05, 0) is 24.3 Å². The number of H-pyrrole nitrogens is 1. The van der Waals surface area contributed by atoms with Crippen LogP contribution < -0.4 is 11.3 Å². The molecule has 0 fully saturated rings. The van der Waals surface area contributed by atoms with E-state index >= 15 is 0 Å². The molecule has 0 aliphatic carbocycles. The van der Waals surface area contributed by atoms with Gasteiger partial charge >= 0.3 is 0 Å². The number of fused-ring (bicyclic) bond motifs is 1. The van der Waals surface area contributed by atoms with Crippen LogP contribution in [0.2, 0.25) is 10.0 Å². The van der Waals surface area contributed by atoms with E-state index in [0.717, 1.165) is 23.4 Å². The number of benzene rings is 1. The number of halogens is 2. The van der Waals surface area contributed by atoms with Crippen molar-refractivity contribution >= 4 is 28.9 Å². The van der Waals surface area contributed by atoms with Crippen LogP contribution in [0.25, 0.3) is 11.4 Å². The van der Waals surface area contributed by atoms with Crippen LogP contribution in [-0.2, 0) is 19.5 Å². The van der Waals surface area contributed by atoms with Gasteiger partial charge in [0.1, 0.15) is 5.82 Å². The maximum absolute atomic E-state index is 12.6. The first-order valence-electron chi connectivity index (χ1n) is 8.49. The summed E-state index contributed by atoms with van der Waals surface area (Å²) in [5, 5.41) is 1.05. The predicted molar refractivity (Wildman–Crippen MR) is 107 cm³/mol. The molecule has 0 unspecified atom stereocenters. The molecule has 0 saturated carbocycles. The van der Waals surface area contributed by atoms with Crippen LogP contribution in [0.1, 0.15) is 16.8 Å². The Morgan fingerprint density at radius 3 is 2.56 bits per heavy atom. The van der Waals surface area contributed by atoms with Crippen molar-refractivity contribution in [1.82, 2.24) is 19.9 Å². The second-order valence-electron chi connectivity index (χ2n) is 6.50. The van der Waals surface area contributed by atoms with Crippen LogP contribution in [0.4, 0.5) is 5.69 Å². The molecule has 27 heavy (non-hydrogen) atoms. The fraction of sp³-hybridized carbons (Fsp3) is 0.211. The molecule has 0 spiro atoms. The molecule has 6 nitrogen and oxygen atoms in total. The topological polar surface area (TPSA) is 87.9 Å². The molecule has 0 bridgehead atoms. The van der Waals surface area contributed by atoms with Crippen molar-refractivity contribution < 1.29 is 0 Å². The third-order valence-electron chi connectivity index (χ3n) is 4.67. The number of hydrogen-bond donors (Lipinski definition) is 2. The smallest absolute Gasteiger partial charge is 0.255 e. The summed E-state index contributed by atoms with van der Waals surface area (Å²) < 4.78 is 0. The molecule has 0 radical (unpaired) electrons. The normalized spacial score (nSPS) is 14.1. The van der Waals surface area contributed by atoms with E-state index in [2.05, 4.69) is 19.9 Å². The largest absolute Gasteiger partial charge is 0.399 e. The lowest BCUT2D eigenvalue weighted by molar-refractivity contribution is 0.242. The quantitative estimate of drug-likeness (QED) is 0.657. The zero-order chi connectivity index (χ0) is 19.0. The Labute approximate surface area is 166 Å². The Hall–Kier alpha value is -2.41. The molecule has 1 aromatic carbocycles. The first-order chi connectivity index (χ1) is 13.0. The van der Waals surface area contributed by atoms with Crippen molar-refractivity contribution in [2.75, 3.05) is 12.3 Å². The molecule has 3 heterocycles. The summed E-state index contributed by atoms with van der Waals surface area (Å²) in [6.45, 7) is 1.81. The molecule has 2 aromatic heterocycles. The zero-order valence-electron chi connectivity index (χ0n) is 14.4. The molecule has 3 N–H and O–H groups in total. The average molecular weight is 402 g/mol. The van der Waals surface area contributed by atoms with E-state index in [-0.39, 0.29) is 5.56 Å². The van der Waals surface area contributed by atoms with Crippen LogP contribution in [0.15, 0.2) is 41.5 Å². The van der Waals surface area contributed by atoms with Crippen molar-refractivity contribution in [3.63, 3.8) is 0 Å². The van der Waals surface area contributed by atoms with Crippen molar-refractivity contribution in [3.8, 4) is 11.4 Å². The number of rotatable bonds is 3. The molecule has 3 aromatic rings. The summed E-state index contributed by atoms with van der Waals surface area (Å²) in [6, 6.07) is 7.28. The summed E-state index contributed by atoms with van der Waals surface area (Å²) in [5.41, 5.74) is 9.44. The third-order valence-corrected chi connectivity index (χ3v) is 5.32. The van der Waals surface area contributed by atoms with Crippen molar-refractivity contribution in [1.29, 1.82) is 0 Å². The Morgan fingerprint density at radius 2 is 1.85 bits per heavy atom. The SMILES string of the molecule is Nc1ccc(-c2nc3c(c(=O)[nH]2)CN(Cc2c(Cl)cncc2Cl)CC3)cc1. The van der Waals surface area contributed by atoms with E-state index < -0.39 is 0 Å². The summed E-state index contributed by atoms with van der Waals surface area (Å²) >= 11 is 12.4. The molecule has 8 heteroatoms. The molecule has 1 aliphatic heterocycles. The van der Waals surface area contributed by atoms with Gasteiger partial charge < -0.3 is 10.7 Å². The fourth-order valence-electron chi connectivity index (χ4n) is 3.21. The van der Waals surface area contributed by atoms with Crippen LogP contribution in [0.3, 0.4) is 0 Å². The molecule has 0 amide bonds. The number of pyridine rings is 1. The monoisotopic (exact) mass is 401 g/mol. The maximum atomic E-state index is 12.6. The van der Waals surface area contributed by atoms with Gasteiger partial charge in [-0.15, -0.1) is 0 Å². The highest BCUT2D eigenvalue weighted by Gasteiger charge is 2.23. The first kappa shape index (κ1) is 18.0. The Morgan fingerprint density at radius 1 is 1.15 bits per heavy atom. The van der Waals surface area contributed by atoms with Crippen LogP contribution in [0, 0.1) is 0 Å². The van der Waals surface area contributed by atoms with Gasteiger partial charge in [-0.1, -0.05) is 23.2 Å². The second-order valence-corrected chi connectivity index (χ2v) is 7.32. The summed E-state index contributed by atoms with van der Waals surface area (Å²) in [5.74, 6) is 0.562. The molecule has 0 atom stereocenters.